The van der Waals surface area contributed by atoms with E-state index in [1.165, 1.54) is 0 Å². The van der Waals surface area contributed by atoms with Gasteiger partial charge in [-0.05, 0) is 12.8 Å². The average molecular weight is 182 g/mol. The molecule has 4 nitrogen and oxygen atoms in total. The molecule has 1 amide bonds. The van der Waals surface area contributed by atoms with Gasteiger partial charge in [0.05, 0.1) is 12.2 Å². The van der Waals surface area contributed by atoms with Gasteiger partial charge in [-0.25, -0.2) is 0 Å². The maximum absolute atomic E-state index is 11.5. The van der Waals surface area contributed by atoms with Gasteiger partial charge in [0.25, 0.3) is 0 Å². The summed E-state index contributed by atoms with van der Waals surface area (Å²) in [4.78, 5) is 13.1. The Morgan fingerprint density at radius 1 is 1.85 bits per heavy atom. The first-order valence-corrected chi connectivity index (χ1v) is 4.55. The van der Waals surface area contributed by atoms with Crippen LogP contribution in [0.1, 0.15) is 19.8 Å². The summed E-state index contributed by atoms with van der Waals surface area (Å²) < 4.78 is 0. The molecule has 0 aliphatic carbocycles. The second-order valence-electron chi connectivity index (χ2n) is 3.32. The quantitative estimate of drug-likeness (QED) is 0.660. The van der Waals surface area contributed by atoms with Crippen LogP contribution in [0.4, 0.5) is 0 Å². The van der Waals surface area contributed by atoms with E-state index in [-0.39, 0.29) is 5.91 Å². The van der Waals surface area contributed by atoms with Gasteiger partial charge in [-0.15, -0.1) is 0 Å². The highest BCUT2D eigenvalue weighted by Crippen LogP contribution is 2.14. The summed E-state index contributed by atoms with van der Waals surface area (Å²) in [6, 6.07) is 1.97. The minimum absolute atomic E-state index is 0.137. The van der Waals surface area contributed by atoms with Gasteiger partial charge >= 0.3 is 0 Å². The van der Waals surface area contributed by atoms with Crippen molar-refractivity contribution in [2.75, 3.05) is 13.1 Å². The molecule has 1 aliphatic heterocycles. The molecule has 0 bridgehead atoms. The van der Waals surface area contributed by atoms with Crippen LogP contribution in [0.3, 0.4) is 0 Å². The van der Waals surface area contributed by atoms with E-state index in [9.17, 15) is 9.90 Å². The van der Waals surface area contributed by atoms with E-state index in [1.54, 1.807) is 4.90 Å². The number of hydrogen-bond acceptors (Lipinski definition) is 3. The molecule has 0 aromatic rings. The van der Waals surface area contributed by atoms with Crippen LogP contribution < -0.4 is 0 Å². The number of hydrogen-bond donors (Lipinski definition) is 1. The van der Waals surface area contributed by atoms with Gasteiger partial charge in [-0.3, -0.25) is 4.79 Å². The zero-order valence-electron chi connectivity index (χ0n) is 7.73. The van der Waals surface area contributed by atoms with Crippen molar-refractivity contribution in [3.63, 3.8) is 0 Å². The van der Waals surface area contributed by atoms with Crippen molar-refractivity contribution in [3.8, 4) is 6.07 Å². The Morgan fingerprint density at radius 3 is 2.92 bits per heavy atom. The van der Waals surface area contributed by atoms with Gasteiger partial charge in [0.2, 0.25) is 5.91 Å². The third-order valence-electron chi connectivity index (χ3n) is 2.34. The molecule has 13 heavy (non-hydrogen) atoms. The third-order valence-corrected chi connectivity index (χ3v) is 2.34. The van der Waals surface area contributed by atoms with Gasteiger partial charge in [0.15, 0.2) is 0 Å². The molecule has 0 spiro atoms. The molecule has 0 saturated carbocycles. The molecular weight excluding hydrogens is 168 g/mol. The summed E-state index contributed by atoms with van der Waals surface area (Å²) in [5, 5.41) is 17.9. The fraction of sp³-hybridized carbons (Fsp3) is 0.778. The first-order valence-electron chi connectivity index (χ1n) is 4.55. The lowest BCUT2D eigenvalue weighted by molar-refractivity contribution is -0.133. The Balaban J connectivity index is 2.53. The Labute approximate surface area is 77.8 Å². The van der Waals surface area contributed by atoms with E-state index in [2.05, 4.69) is 0 Å². The summed E-state index contributed by atoms with van der Waals surface area (Å²) in [6.45, 7) is 2.79. The number of nitrogens with zero attached hydrogens (tertiary/aromatic N) is 2. The van der Waals surface area contributed by atoms with Crippen molar-refractivity contribution in [1.29, 1.82) is 5.26 Å². The fourth-order valence-electron chi connectivity index (χ4n) is 1.48. The molecule has 1 aliphatic rings. The highest BCUT2D eigenvalue weighted by atomic mass is 16.3. The first kappa shape index (κ1) is 10.0. The summed E-state index contributed by atoms with van der Waals surface area (Å²) in [6.07, 6.45) is 0.773. The lowest BCUT2D eigenvalue weighted by Gasteiger charge is -2.17. The summed E-state index contributed by atoms with van der Waals surface area (Å²) in [5.41, 5.74) is 0. The Kier molecular flexibility index (Phi) is 3.26. The number of aliphatic hydroxyl groups excluding tert-OH is 1. The van der Waals surface area contributed by atoms with Crippen molar-refractivity contribution in [2.24, 2.45) is 5.92 Å². The number of nitriles is 1. The summed E-state index contributed by atoms with van der Waals surface area (Å²) in [7, 11) is 0. The van der Waals surface area contributed by atoms with E-state index in [4.69, 9.17) is 5.26 Å². The molecule has 72 valence electrons. The van der Waals surface area contributed by atoms with E-state index in [1.807, 2.05) is 13.0 Å². The maximum Gasteiger partial charge on any atom is 0.240 e. The smallest absolute Gasteiger partial charge is 0.240 e. The second-order valence-corrected chi connectivity index (χ2v) is 3.32. The molecule has 4 heteroatoms. The van der Waals surface area contributed by atoms with E-state index >= 15 is 0 Å². The number of carbonyl (C=O) groups is 1. The van der Waals surface area contributed by atoms with Crippen molar-refractivity contribution in [3.05, 3.63) is 0 Å². The van der Waals surface area contributed by atoms with Crippen molar-refractivity contribution >= 4 is 5.91 Å². The van der Waals surface area contributed by atoms with Gasteiger partial charge in [0.1, 0.15) is 5.92 Å². The van der Waals surface area contributed by atoms with Crippen molar-refractivity contribution < 1.29 is 9.90 Å². The standard InChI is InChI=1S/C9H14N2O2/c1-2-7(5-10)9(13)11-4-3-8(12)6-11/h7-8,12H,2-4,6H2,1H3/t7?,8-/m0/s1. The second kappa shape index (κ2) is 4.24. The molecular formula is C9H14N2O2. The molecule has 1 fully saturated rings. The molecule has 2 atom stereocenters. The Bertz CT molecular complexity index is 234. The third kappa shape index (κ3) is 2.19. The maximum atomic E-state index is 11.5. The molecule has 0 radical (unpaired) electrons. The van der Waals surface area contributed by atoms with Crippen molar-refractivity contribution in [1.82, 2.24) is 4.90 Å². The molecule has 1 unspecified atom stereocenters. The van der Waals surface area contributed by atoms with Crippen LogP contribution in [0.15, 0.2) is 0 Å². The summed E-state index contributed by atoms with van der Waals surface area (Å²) >= 11 is 0. The Morgan fingerprint density at radius 2 is 2.54 bits per heavy atom. The molecule has 1 heterocycles. The minimum Gasteiger partial charge on any atom is -0.391 e. The fourth-order valence-corrected chi connectivity index (χ4v) is 1.48. The highest BCUT2D eigenvalue weighted by Gasteiger charge is 2.28. The zero-order chi connectivity index (χ0) is 9.84. The van der Waals surface area contributed by atoms with Crippen LogP contribution in [-0.2, 0) is 4.79 Å². The van der Waals surface area contributed by atoms with Gasteiger partial charge in [-0.2, -0.15) is 5.26 Å². The normalized spacial score (nSPS) is 24.1. The largest absolute Gasteiger partial charge is 0.391 e. The van der Waals surface area contributed by atoms with E-state index < -0.39 is 12.0 Å². The number of rotatable bonds is 2. The number of amides is 1. The number of carbonyl (C=O) groups excluding carboxylic acids is 1. The lowest BCUT2D eigenvalue weighted by atomic mass is 10.1. The lowest BCUT2D eigenvalue weighted by Crippen LogP contribution is -2.34. The number of likely N-dealkylation sites (tertiary alicyclic amines) is 1. The van der Waals surface area contributed by atoms with Crippen molar-refractivity contribution in [2.45, 2.75) is 25.9 Å². The van der Waals surface area contributed by atoms with E-state index in [0.717, 1.165) is 0 Å². The number of aliphatic hydroxyl groups is 1. The van der Waals surface area contributed by atoms with Crippen LogP contribution in [0.25, 0.3) is 0 Å². The predicted molar refractivity (Wildman–Crippen MR) is 46.6 cm³/mol. The zero-order valence-corrected chi connectivity index (χ0v) is 7.73. The summed E-state index contributed by atoms with van der Waals surface area (Å²) in [5.74, 6) is -0.674. The highest BCUT2D eigenvalue weighted by molar-refractivity contribution is 5.81. The predicted octanol–water partition coefficient (Wildman–Crippen LogP) is 0.129. The van der Waals surface area contributed by atoms with Crippen LogP contribution in [0, 0.1) is 17.2 Å². The molecule has 1 N–H and O–H groups in total. The molecule has 0 aromatic carbocycles. The first-order chi connectivity index (χ1) is 6.19. The van der Waals surface area contributed by atoms with Gasteiger partial charge in [-0.1, -0.05) is 6.92 Å². The molecule has 0 aromatic heterocycles. The monoisotopic (exact) mass is 182 g/mol. The van der Waals surface area contributed by atoms with Gasteiger partial charge in [0, 0.05) is 13.1 Å². The van der Waals surface area contributed by atoms with Crippen LogP contribution >= 0.6 is 0 Å². The minimum atomic E-state index is -0.537. The van der Waals surface area contributed by atoms with Gasteiger partial charge < -0.3 is 10.0 Å². The van der Waals surface area contributed by atoms with Crippen LogP contribution in [-0.4, -0.2) is 35.1 Å². The molecule has 1 saturated heterocycles. The van der Waals surface area contributed by atoms with Crippen LogP contribution in [0.5, 0.6) is 0 Å². The SMILES string of the molecule is CCC(C#N)C(=O)N1CC[C@H](O)C1. The average Bonchev–Trinajstić information content (AvgIpc) is 2.54. The molecule has 1 rings (SSSR count). The Hall–Kier alpha value is -1.08. The van der Waals surface area contributed by atoms with Crippen LogP contribution in [0.2, 0.25) is 0 Å². The topological polar surface area (TPSA) is 64.3 Å². The van der Waals surface area contributed by atoms with E-state index in [0.29, 0.717) is 25.9 Å². The number of β-amino-alcohol motifs (C(OH)–C–C–N with tert-alkyl or cyclic N) is 1.